The maximum Gasteiger partial charge on any atom is 0.251 e. The van der Waals surface area contributed by atoms with Crippen LogP contribution in [0.1, 0.15) is 42.5 Å². The molecule has 19 heavy (non-hydrogen) atoms. The van der Waals surface area contributed by atoms with Crippen LogP contribution in [0.25, 0.3) is 0 Å². The summed E-state index contributed by atoms with van der Waals surface area (Å²) in [4.78, 5) is 16.0. The normalized spacial score (nSPS) is 18.0. The van der Waals surface area contributed by atoms with Gasteiger partial charge in [-0.15, -0.1) is 0 Å². The molecular formula is C14H19ClN2OS. The highest BCUT2D eigenvalue weighted by molar-refractivity contribution is 8.00. The lowest BCUT2D eigenvalue weighted by atomic mass is 9.88. The van der Waals surface area contributed by atoms with Gasteiger partial charge in [0, 0.05) is 23.1 Å². The number of hydrogen-bond acceptors (Lipinski definition) is 3. The summed E-state index contributed by atoms with van der Waals surface area (Å²) < 4.78 is 0.213. The number of carbonyl (C=O) groups is 1. The second kappa shape index (κ2) is 6.62. The maximum absolute atomic E-state index is 12.1. The molecular weight excluding hydrogens is 280 g/mol. The predicted molar refractivity (Wildman–Crippen MR) is 80.9 cm³/mol. The van der Waals surface area contributed by atoms with Gasteiger partial charge in [0.25, 0.3) is 5.91 Å². The molecule has 0 aromatic carbocycles. The first-order valence-corrected chi connectivity index (χ1v) is 8.20. The number of carbonyl (C=O) groups excluding carboxylic acids is 1. The Kier molecular flexibility index (Phi) is 5.11. The van der Waals surface area contributed by atoms with Crippen LogP contribution in [0.5, 0.6) is 0 Å². The van der Waals surface area contributed by atoms with Crippen molar-refractivity contribution < 1.29 is 4.79 Å². The number of thioether (sulfide) groups is 1. The van der Waals surface area contributed by atoms with E-state index in [-0.39, 0.29) is 10.7 Å². The van der Waals surface area contributed by atoms with Crippen molar-refractivity contribution in [1.29, 1.82) is 0 Å². The predicted octanol–water partition coefficient (Wildman–Crippen LogP) is 3.53. The minimum atomic E-state index is -0.0664. The first kappa shape index (κ1) is 14.7. The molecule has 1 N–H and O–H groups in total. The van der Waals surface area contributed by atoms with Gasteiger partial charge in [-0.2, -0.15) is 11.8 Å². The van der Waals surface area contributed by atoms with Gasteiger partial charge in [0.1, 0.15) is 5.15 Å². The lowest BCUT2D eigenvalue weighted by Gasteiger charge is -2.35. The van der Waals surface area contributed by atoms with Gasteiger partial charge in [0.15, 0.2) is 0 Å². The maximum atomic E-state index is 12.1. The molecule has 1 saturated carbocycles. The van der Waals surface area contributed by atoms with Crippen molar-refractivity contribution in [3.05, 3.63) is 29.0 Å². The third-order valence-electron chi connectivity index (χ3n) is 3.76. The molecule has 0 bridgehead atoms. The summed E-state index contributed by atoms with van der Waals surface area (Å²) in [5.74, 6) is -0.0664. The molecule has 0 radical (unpaired) electrons. The second-order valence-electron chi connectivity index (χ2n) is 5.00. The molecule has 1 heterocycles. The molecule has 0 unspecified atom stereocenters. The standard InChI is InChI=1S/C14H19ClN2OS/c1-19-14(6-3-2-4-7-14)10-17-13(18)11-5-8-16-12(15)9-11/h5,8-9H,2-4,6-7,10H2,1H3,(H,17,18). The van der Waals surface area contributed by atoms with Crippen molar-refractivity contribution in [3.8, 4) is 0 Å². The molecule has 1 aromatic rings. The van der Waals surface area contributed by atoms with E-state index >= 15 is 0 Å². The lowest BCUT2D eigenvalue weighted by Crippen LogP contribution is -2.41. The zero-order chi connectivity index (χ0) is 13.7. The highest BCUT2D eigenvalue weighted by Crippen LogP contribution is 2.37. The molecule has 1 fully saturated rings. The Balaban J connectivity index is 1.95. The van der Waals surface area contributed by atoms with Crippen LogP contribution in [0.2, 0.25) is 5.15 Å². The SMILES string of the molecule is CSC1(CNC(=O)c2ccnc(Cl)c2)CCCCC1. The highest BCUT2D eigenvalue weighted by atomic mass is 35.5. The molecule has 1 aliphatic carbocycles. The first-order valence-electron chi connectivity index (χ1n) is 6.60. The van der Waals surface area contributed by atoms with E-state index in [4.69, 9.17) is 11.6 Å². The van der Waals surface area contributed by atoms with Crippen molar-refractivity contribution in [2.24, 2.45) is 0 Å². The van der Waals surface area contributed by atoms with Gasteiger partial charge in [-0.3, -0.25) is 4.79 Å². The zero-order valence-corrected chi connectivity index (χ0v) is 12.7. The number of pyridine rings is 1. The van der Waals surface area contributed by atoms with Crippen LogP contribution in [0.15, 0.2) is 18.3 Å². The summed E-state index contributed by atoms with van der Waals surface area (Å²) in [6.07, 6.45) is 9.91. The van der Waals surface area contributed by atoms with E-state index in [1.807, 2.05) is 11.8 Å². The number of nitrogens with zero attached hydrogens (tertiary/aromatic N) is 1. The van der Waals surface area contributed by atoms with E-state index in [2.05, 4.69) is 16.6 Å². The number of halogens is 1. The number of aromatic nitrogens is 1. The zero-order valence-electron chi connectivity index (χ0n) is 11.1. The Bertz CT molecular complexity index is 447. The van der Waals surface area contributed by atoms with Gasteiger partial charge in [-0.05, 0) is 31.2 Å². The van der Waals surface area contributed by atoms with Crippen LogP contribution in [0, 0.1) is 0 Å². The number of nitrogens with one attached hydrogen (secondary N) is 1. The fraction of sp³-hybridized carbons (Fsp3) is 0.571. The monoisotopic (exact) mass is 298 g/mol. The lowest BCUT2D eigenvalue weighted by molar-refractivity contribution is 0.0947. The van der Waals surface area contributed by atoms with Gasteiger partial charge >= 0.3 is 0 Å². The van der Waals surface area contributed by atoms with Gasteiger partial charge in [-0.1, -0.05) is 30.9 Å². The highest BCUT2D eigenvalue weighted by Gasteiger charge is 2.31. The summed E-state index contributed by atoms with van der Waals surface area (Å²) >= 11 is 7.68. The smallest absolute Gasteiger partial charge is 0.251 e. The average molecular weight is 299 g/mol. The van der Waals surface area contributed by atoms with E-state index in [1.165, 1.54) is 32.1 Å². The largest absolute Gasteiger partial charge is 0.351 e. The van der Waals surface area contributed by atoms with E-state index in [0.29, 0.717) is 10.7 Å². The Morgan fingerprint density at radius 2 is 2.21 bits per heavy atom. The van der Waals surface area contributed by atoms with E-state index in [0.717, 1.165) is 6.54 Å². The van der Waals surface area contributed by atoms with Crippen LogP contribution >= 0.6 is 23.4 Å². The molecule has 2 rings (SSSR count). The molecule has 104 valence electrons. The van der Waals surface area contributed by atoms with Crippen molar-refractivity contribution in [3.63, 3.8) is 0 Å². The third-order valence-corrected chi connectivity index (χ3v) is 5.38. The summed E-state index contributed by atoms with van der Waals surface area (Å²) in [7, 11) is 0. The van der Waals surface area contributed by atoms with Crippen LogP contribution < -0.4 is 5.32 Å². The van der Waals surface area contributed by atoms with Crippen molar-refractivity contribution in [2.75, 3.05) is 12.8 Å². The molecule has 1 aromatic heterocycles. The fourth-order valence-corrected chi connectivity index (χ4v) is 3.62. The molecule has 5 heteroatoms. The van der Waals surface area contributed by atoms with Gasteiger partial charge in [0.05, 0.1) is 0 Å². The van der Waals surface area contributed by atoms with Gasteiger partial charge in [0.2, 0.25) is 0 Å². The minimum absolute atomic E-state index is 0.0664. The summed E-state index contributed by atoms with van der Waals surface area (Å²) in [6.45, 7) is 0.729. The average Bonchev–Trinajstić information content (AvgIpc) is 2.46. The molecule has 0 atom stereocenters. The third kappa shape index (κ3) is 3.86. The van der Waals surface area contributed by atoms with E-state index < -0.39 is 0 Å². The van der Waals surface area contributed by atoms with Crippen molar-refractivity contribution >= 4 is 29.3 Å². The molecule has 0 saturated heterocycles. The summed E-state index contributed by atoms with van der Waals surface area (Å²) in [6, 6.07) is 3.29. The number of hydrogen-bond donors (Lipinski definition) is 1. The molecule has 0 aliphatic heterocycles. The van der Waals surface area contributed by atoms with E-state index in [1.54, 1.807) is 18.3 Å². The van der Waals surface area contributed by atoms with Gasteiger partial charge < -0.3 is 5.32 Å². The van der Waals surface area contributed by atoms with Crippen molar-refractivity contribution in [1.82, 2.24) is 10.3 Å². The quantitative estimate of drug-likeness (QED) is 0.865. The summed E-state index contributed by atoms with van der Waals surface area (Å²) in [5.41, 5.74) is 0.576. The number of amides is 1. The molecule has 1 aliphatic rings. The summed E-state index contributed by atoms with van der Waals surface area (Å²) in [5, 5.41) is 3.39. The molecule has 3 nitrogen and oxygen atoms in total. The topological polar surface area (TPSA) is 42.0 Å². The van der Waals surface area contributed by atoms with E-state index in [9.17, 15) is 4.79 Å². The van der Waals surface area contributed by atoms with Crippen molar-refractivity contribution in [2.45, 2.75) is 36.9 Å². The molecule has 1 amide bonds. The van der Waals surface area contributed by atoms with Crippen LogP contribution in [-0.4, -0.2) is 28.4 Å². The Morgan fingerprint density at radius 3 is 2.84 bits per heavy atom. The van der Waals surface area contributed by atoms with Crippen LogP contribution in [-0.2, 0) is 0 Å². The van der Waals surface area contributed by atoms with Gasteiger partial charge in [-0.25, -0.2) is 4.98 Å². The fourth-order valence-electron chi connectivity index (χ4n) is 2.54. The van der Waals surface area contributed by atoms with Crippen LogP contribution in [0.3, 0.4) is 0 Å². The minimum Gasteiger partial charge on any atom is -0.351 e. The Labute approximate surface area is 123 Å². The number of rotatable bonds is 4. The molecule has 0 spiro atoms. The second-order valence-corrected chi connectivity index (χ2v) is 6.66. The first-order chi connectivity index (χ1) is 9.15. The Hall–Kier alpha value is -0.740. The Morgan fingerprint density at radius 1 is 1.47 bits per heavy atom. The van der Waals surface area contributed by atoms with Crippen LogP contribution in [0.4, 0.5) is 0 Å².